The van der Waals surface area contributed by atoms with Gasteiger partial charge in [-0.05, 0) is 60.1 Å². The van der Waals surface area contributed by atoms with Crippen molar-refractivity contribution in [3.63, 3.8) is 0 Å². The van der Waals surface area contributed by atoms with Gasteiger partial charge in [0, 0.05) is 5.56 Å². The molecule has 2 heteroatoms. The van der Waals surface area contributed by atoms with Crippen LogP contribution in [0.25, 0.3) is 11.1 Å². The lowest BCUT2D eigenvalue weighted by Crippen LogP contribution is -2.20. The summed E-state index contributed by atoms with van der Waals surface area (Å²) in [6.45, 7) is 6.50. The minimum absolute atomic E-state index is 0.348. The maximum Gasteiger partial charge on any atom is 0.166 e. The molecule has 0 heterocycles. The van der Waals surface area contributed by atoms with E-state index in [0.29, 0.717) is 28.9 Å². The van der Waals surface area contributed by atoms with Gasteiger partial charge in [-0.3, -0.25) is 0 Å². The summed E-state index contributed by atoms with van der Waals surface area (Å²) in [5, 5.41) is 0. The van der Waals surface area contributed by atoms with Gasteiger partial charge in [0.1, 0.15) is 0 Å². The van der Waals surface area contributed by atoms with Gasteiger partial charge in [-0.25, -0.2) is 8.78 Å². The van der Waals surface area contributed by atoms with Gasteiger partial charge in [-0.2, -0.15) is 0 Å². The molecule has 3 rings (SSSR count). The molecule has 0 aromatic heterocycles. The Morgan fingerprint density at radius 2 is 1.54 bits per heavy atom. The molecule has 2 aromatic rings. The zero-order valence-corrected chi connectivity index (χ0v) is 14.8. The predicted molar refractivity (Wildman–Crippen MR) is 96.2 cm³/mol. The van der Waals surface area contributed by atoms with E-state index in [4.69, 9.17) is 0 Å². The molecule has 1 aliphatic carbocycles. The van der Waals surface area contributed by atoms with Gasteiger partial charge >= 0.3 is 0 Å². The molecule has 128 valence electrons. The number of hydrogen-bond donors (Lipinski definition) is 0. The van der Waals surface area contributed by atoms with Crippen LogP contribution in [0.1, 0.15) is 63.5 Å². The van der Waals surface area contributed by atoms with Gasteiger partial charge in [0.2, 0.25) is 0 Å². The zero-order valence-electron chi connectivity index (χ0n) is 14.8. The van der Waals surface area contributed by atoms with Gasteiger partial charge < -0.3 is 0 Å². The van der Waals surface area contributed by atoms with E-state index in [1.165, 1.54) is 31.2 Å². The Labute approximate surface area is 143 Å². The summed E-state index contributed by atoms with van der Waals surface area (Å²) >= 11 is 0. The van der Waals surface area contributed by atoms with Crippen molar-refractivity contribution in [2.45, 2.75) is 58.8 Å². The molecule has 1 fully saturated rings. The molecule has 0 radical (unpaired) electrons. The van der Waals surface area contributed by atoms with Crippen molar-refractivity contribution in [3.8, 4) is 11.1 Å². The first kappa shape index (κ1) is 17.1. The molecule has 1 saturated carbocycles. The summed E-state index contributed by atoms with van der Waals surface area (Å²) in [5.41, 5.74) is 3.30. The zero-order chi connectivity index (χ0) is 17.3. The SMILES string of the molecule is CCc1ccc(-c2ccc(C3CCC(C)(C)CC3)cc2)c(F)c1F. The van der Waals surface area contributed by atoms with Gasteiger partial charge in [0.05, 0.1) is 0 Å². The normalized spacial score (nSPS) is 17.9. The lowest BCUT2D eigenvalue weighted by Gasteiger charge is -2.34. The smallest absolute Gasteiger partial charge is 0.166 e. The standard InChI is InChI=1S/C22H26F2/c1-4-15-9-10-19(21(24)20(15)23)18-7-5-16(6-8-18)17-11-13-22(2,3)14-12-17/h5-10,17H,4,11-14H2,1-3H3. The second-order valence-electron chi connectivity index (χ2n) is 7.81. The Balaban J connectivity index is 1.82. The molecule has 0 N–H and O–H groups in total. The Morgan fingerprint density at radius 1 is 0.917 bits per heavy atom. The first-order valence-electron chi connectivity index (χ1n) is 8.98. The van der Waals surface area contributed by atoms with E-state index in [0.717, 1.165) is 5.56 Å². The molecular weight excluding hydrogens is 302 g/mol. The molecule has 1 aliphatic rings. The Kier molecular flexibility index (Phi) is 4.76. The highest BCUT2D eigenvalue weighted by Crippen LogP contribution is 2.42. The number of rotatable bonds is 3. The molecule has 0 spiro atoms. The molecule has 24 heavy (non-hydrogen) atoms. The fourth-order valence-corrected chi connectivity index (χ4v) is 3.75. The predicted octanol–water partition coefficient (Wildman–Crippen LogP) is 6.88. The minimum Gasteiger partial charge on any atom is -0.203 e. The highest BCUT2D eigenvalue weighted by Gasteiger charge is 2.27. The average molecular weight is 328 g/mol. The van der Waals surface area contributed by atoms with Crippen molar-refractivity contribution >= 4 is 0 Å². The molecular formula is C22H26F2. The number of aryl methyl sites for hydroxylation is 1. The summed E-state index contributed by atoms with van der Waals surface area (Å²) in [4.78, 5) is 0. The second kappa shape index (κ2) is 6.66. The van der Waals surface area contributed by atoms with Crippen LogP contribution in [-0.2, 0) is 6.42 Å². The van der Waals surface area contributed by atoms with Crippen LogP contribution in [0, 0.1) is 17.0 Å². The van der Waals surface area contributed by atoms with Gasteiger partial charge in [-0.15, -0.1) is 0 Å². The summed E-state index contributed by atoms with van der Waals surface area (Å²) in [7, 11) is 0. The number of halogens is 2. The van der Waals surface area contributed by atoms with Crippen molar-refractivity contribution < 1.29 is 8.78 Å². The van der Waals surface area contributed by atoms with Gasteiger partial charge in [0.25, 0.3) is 0 Å². The van der Waals surface area contributed by atoms with Crippen LogP contribution in [0.3, 0.4) is 0 Å². The quantitative estimate of drug-likeness (QED) is 0.576. The van der Waals surface area contributed by atoms with Crippen LogP contribution in [0.4, 0.5) is 8.78 Å². The van der Waals surface area contributed by atoms with Gasteiger partial charge in [0.15, 0.2) is 11.6 Å². The summed E-state index contributed by atoms with van der Waals surface area (Å²) < 4.78 is 28.3. The molecule has 0 unspecified atom stereocenters. The monoisotopic (exact) mass is 328 g/mol. The summed E-state index contributed by atoms with van der Waals surface area (Å²) in [6, 6.07) is 11.4. The average Bonchev–Trinajstić information content (AvgIpc) is 2.58. The molecule has 0 bridgehead atoms. The molecule has 0 atom stereocenters. The first-order valence-corrected chi connectivity index (χ1v) is 8.98. The number of hydrogen-bond acceptors (Lipinski definition) is 0. The van der Waals surface area contributed by atoms with E-state index in [-0.39, 0.29) is 0 Å². The van der Waals surface area contributed by atoms with Gasteiger partial charge in [-0.1, -0.05) is 57.2 Å². The third kappa shape index (κ3) is 3.38. The molecule has 0 saturated heterocycles. The topological polar surface area (TPSA) is 0 Å². The minimum atomic E-state index is -0.735. The van der Waals surface area contributed by atoms with E-state index < -0.39 is 11.6 Å². The van der Waals surface area contributed by atoms with Crippen LogP contribution in [-0.4, -0.2) is 0 Å². The highest BCUT2D eigenvalue weighted by atomic mass is 19.2. The second-order valence-corrected chi connectivity index (χ2v) is 7.81. The van der Waals surface area contributed by atoms with E-state index in [9.17, 15) is 8.78 Å². The van der Waals surface area contributed by atoms with E-state index >= 15 is 0 Å². The fraction of sp³-hybridized carbons (Fsp3) is 0.455. The Bertz CT molecular complexity index is 703. The highest BCUT2D eigenvalue weighted by molar-refractivity contribution is 5.65. The van der Waals surface area contributed by atoms with Crippen LogP contribution in [0.2, 0.25) is 0 Å². The number of benzene rings is 2. The molecule has 0 amide bonds. The molecule has 0 nitrogen and oxygen atoms in total. The molecule has 2 aromatic carbocycles. The van der Waals surface area contributed by atoms with Crippen LogP contribution in [0.15, 0.2) is 36.4 Å². The maximum atomic E-state index is 14.3. The van der Waals surface area contributed by atoms with E-state index in [2.05, 4.69) is 26.0 Å². The Hall–Kier alpha value is -1.70. The van der Waals surface area contributed by atoms with Crippen LogP contribution >= 0.6 is 0 Å². The lowest BCUT2D eigenvalue weighted by atomic mass is 9.71. The molecule has 0 aliphatic heterocycles. The third-order valence-electron chi connectivity index (χ3n) is 5.58. The van der Waals surface area contributed by atoms with Crippen LogP contribution in [0.5, 0.6) is 0 Å². The van der Waals surface area contributed by atoms with E-state index in [1.807, 2.05) is 19.1 Å². The maximum absolute atomic E-state index is 14.3. The third-order valence-corrected chi connectivity index (χ3v) is 5.58. The first-order chi connectivity index (χ1) is 11.4. The summed E-state index contributed by atoms with van der Waals surface area (Å²) in [5.74, 6) is -0.855. The van der Waals surface area contributed by atoms with Crippen molar-refractivity contribution in [2.75, 3.05) is 0 Å². The Morgan fingerprint density at radius 3 is 2.12 bits per heavy atom. The fourth-order valence-electron chi connectivity index (χ4n) is 3.75. The summed E-state index contributed by atoms with van der Waals surface area (Å²) in [6.07, 6.45) is 5.41. The van der Waals surface area contributed by atoms with Crippen LogP contribution < -0.4 is 0 Å². The lowest BCUT2D eigenvalue weighted by molar-refractivity contribution is 0.224. The van der Waals surface area contributed by atoms with Crippen molar-refractivity contribution in [3.05, 3.63) is 59.2 Å². The van der Waals surface area contributed by atoms with Crippen molar-refractivity contribution in [1.29, 1.82) is 0 Å². The van der Waals surface area contributed by atoms with Crippen molar-refractivity contribution in [1.82, 2.24) is 0 Å². The van der Waals surface area contributed by atoms with E-state index in [1.54, 1.807) is 12.1 Å². The van der Waals surface area contributed by atoms with Crippen molar-refractivity contribution in [2.24, 2.45) is 5.41 Å². The largest absolute Gasteiger partial charge is 0.203 e.